The lowest BCUT2D eigenvalue weighted by Crippen LogP contribution is -2.31. The maximum atomic E-state index is 12.2. The van der Waals surface area contributed by atoms with Crippen LogP contribution < -0.4 is 5.32 Å². The summed E-state index contributed by atoms with van der Waals surface area (Å²) in [4.78, 5) is 35.4. The number of thiophene rings is 1. The van der Waals surface area contributed by atoms with E-state index in [0.29, 0.717) is 11.4 Å². The van der Waals surface area contributed by atoms with Crippen LogP contribution in [0.5, 0.6) is 0 Å². The monoisotopic (exact) mass is 449 g/mol. The van der Waals surface area contributed by atoms with Crippen LogP contribution in [-0.4, -0.2) is 27.5 Å². The van der Waals surface area contributed by atoms with E-state index >= 15 is 0 Å². The van der Waals surface area contributed by atoms with Crippen molar-refractivity contribution < 1.29 is 9.59 Å². The summed E-state index contributed by atoms with van der Waals surface area (Å²) < 4.78 is 0.875. The largest absolute Gasteiger partial charge is 0.292 e. The number of halogens is 1. The topological polar surface area (TPSA) is 72.0 Å². The fourth-order valence-corrected chi connectivity index (χ4v) is 4.72. The number of carbonyl (C=O) groups excluding carboxylic acids is 2. The van der Waals surface area contributed by atoms with Crippen LogP contribution in [0.1, 0.15) is 26.6 Å². The Kier molecular flexibility index (Phi) is 5.74. The van der Waals surface area contributed by atoms with Gasteiger partial charge in [-0.15, -0.1) is 11.3 Å². The van der Waals surface area contributed by atoms with Crippen LogP contribution in [0.15, 0.2) is 33.8 Å². The van der Waals surface area contributed by atoms with Gasteiger partial charge in [-0.1, -0.05) is 27.7 Å². The Morgan fingerprint density at radius 2 is 1.85 bits per heavy atom. The average molecular weight is 450 g/mol. The van der Waals surface area contributed by atoms with Gasteiger partial charge < -0.3 is 0 Å². The standard InChI is InChI=1S/C18H16BrN3O2S2/c1-9-10(2)26-18-15(9)17(20-11(3)21-18)25-8-14(23)22-16(24)12-4-6-13(19)7-5-12/h4-7H,8H2,1-3H3,(H,22,23,24). The van der Waals surface area contributed by atoms with Gasteiger partial charge in [0.25, 0.3) is 5.91 Å². The minimum absolute atomic E-state index is 0.113. The first-order chi connectivity index (χ1) is 12.3. The number of hydrogen-bond acceptors (Lipinski definition) is 6. The van der Waals surface area contributed by atoms with Crippen LogP contribution in [0.2, 0.25) is 0 Å². The Balaban J connectivity index is 1.71. The molecule has 2 heterocycles. The Morgan fingerprint density at radius 1 is 1.15 bits per heavy atom. The van der Waals surface area contributed by atoms with Crippen molar-refractivity contribution in [3.63, 3.8) is 0 Å². The summed E-state index contributed by atoms with van der Waals surface area (Å²) in [5.41, 5.74) is 1.58. The molecule has 2 aromatic heterocycles. The highest BCUT2D eigenvalue weighted by Crippen LogP contribution is 2.34. The quantitative estimate of drug-likeness (QED) is 0.471. The van der Waals surface area contributed by atoms with Gasteiger partial charge in [0.15, 0.2) is 0 Å². The van der Waals surface area contributed by atoms with Crippen molar-refractivity contribution in [1.29, 1.82) is 0 Å². The van der Waals surface area contributed by atoms with Crippen molar-refractivity contribution in [2.24, 2.45) is 0 Å². The molecule has 0 fully saturated rings. The second-order valence-corrected chi connectivity index (χ2v) is 8.80. The molecule has 2 amide bonds. The van der Waals surface area contributed by atoms with E-state index in [1.54, 1.807) is 35.6 Å². The maximum absolute atomic E-state index is 12.2. The summed E-state index contributed by atoms with van der Waals surface area (Å²) in [7, 11) is 0. The molecule has 1 aromatic carbocycles. The number of thioether (sulfide) groups is 1. The summed E-state index contributed by atoms with van der Waals surface area (Å²) in [6.45, 7) is 5.92. The number of nitrogens with one attached hydrogen (secondary N) is 1. The van der Waals surface area contributed by atoms with Gasteiger partial charge in [-0.05, 0) is 50.6 Å². The zero-order valence-corrected chi connectivity index (χ0v) is 17.6. The van der Waals surface area contributed by atoms with E-state index in [2.05, 4.69) is 38.1 Å². The predicted octanol–water partition coefficient (Wildman–Crippen LogP) is 4.43. The number of aryl methyl sites for hydroxylation is 3. The first-order valence-corrected chi connectivity index (χ1v) is 10.4. The van der Waals surface area contributed by atoms with Gasteiger partial charge in [-0.3, -0.25) is 14.9 Å². The number of fused-ring (bicyclic) bond motifs is 1. The van der Waals surface area contributed by atoms with E-state index in [4.69, 9.17) is 0 Å². The maximum Gasteiger partial charge on any atom is 0.257 e. The van der Waals surface area contributed by atoms with Gasteiger partial charge in [0, 0.05) is 20.3 Å². The molecule has 0 bridgehead atoms. The number of hydrogen-bond donors (Lipinski definition) is 1. The molecule has 3 rings (SSSR count). The molecule has 3 aromatic rings. The smallest absolute Gasteiger partial charge is 0.257 e. The minimum atomic E-state index is -0.408. The lowest BCUT2D eigenvalue weighted by Gasteiger charge is -2.06. The van der Waals surface area contributed by atoms with Crippen LogP contribution >= 0.6 is 39.0 Å². The van der Waals surface area contributed by atoms with Crippen LogP contribution in [0.3, 0.4) is 0 Å². The highest BCUT2D eigenvalue weighted by molar-refractivity contribution is 9.10. The zero-order chi connectivity index (χ0) is 18.8. The Labute approximate surface area is 167 Å². The van der Waals surface area contributed by atoms with Gasteiger partial charge >= 0.3 is 0 Å². The van der Waals surface area contributed by atoms with Crippen molar-refractivity contribution in [1.82, 2.24) is 15.3 Å². The first kappa shape index (κ1) is 19.0. The third kappa shape index (κ3) is 4.13. The normalized spacial score (nSPS) is 10.9. The fourth-order valence-electron chi connectivity index (χ4n) is 2.39. The third-order valence-electron chi connectivity index (χ3n) is 3.81. The molecule has 0 spiro atoms. The second-order valence-electron chi connectivity index (χ2n) is 5.71. The number of aromatic nitrogens is 2. The lowest BCUT2D eigenvalue weighted by atomic mass is 10.2. The second kappa shape index (κ2) is 7.85. The summed E-state index contributed by atoms with van der Waals surface area (Å²) in [5.74, 6) is 0.0292. The van der Waals surface area contributed by atoms with E-state index in [1.807, 2.05) is 13.8 Å². The Bertz CT molecular complexity index is 1000. The summed E-state index contributed by atoms with van der Waals surface area (Å²) in [6.07, 6.45) is 0. The van der Waals surface area contributed by atoms with Gasteiger partial charge in [0.1, 0.15) is 15.7 Å². The fraction of sp³-hybridized carbons (Fsp3) is 0.222. The van der Waals surface area contributed by atoms with Crippen molar-refractivity contribution in [3.05, 3.63) is 50.6 Å². The molecule has 0 atom stereocenters. The van der Waals surface area contributed by atoms with E-state index in [1.165, 1.54) is 16.6 Å². The molecule has 0 aliphatic carbocycles. The van der Waals surface area contributed by atoms with Crippen molar-refractivity contribution in [2.45, 2.75) is 25.8 Å². The van der Waals surface area contributed by atoms with E-state index in [9.17, 15) is 9.59 Å². The zero-order valence-electron chi connectivity index (χ0n) is 14.4. The number of amides is 2. The number of nitrogens with zero attached hydrogens (tertiary/aromatic N) is 2. The van der Waals surface area contributed by atoms with Crippen LogP contribution in [-0.2, 0) is 4.79 Å². The lowest BCUT2D eigenvalue weighted by molar-refractivity contribution is -0.117. The summed E-state index contributed by atoms with van der Waals surface area (Å²) >= 11 is 6.27. The molecule has 1 N–H and O–H groups in total. The molecule has 0 saturated carbocycles. The number of carbonyl (C=O) groups is 2. The number of benzene rings is 1. The van der Waals surface area contributed by atoms with Crippen LogP contribution in [0.25, 0.3) is 10.2 Å². The average Bonchev–Trinajstić information content (AvgIpc) is 2.87. The predicted molar refractivity (Wildman–Crippen MR) is 109 cm³/mol. The van der Waals surface area contributed by atoms with Crippen molar-refractivity contribution in [2.75, 3.05) is 5.75 Å². The van der Waals surface area contributed by atoms with Gasteiger partial charge in [-0.2, -0.15) is 0 Å². The Hall–Kier alpha value is -1.77. The summed E-state index contributed by atoms with van der Waals surface area (Å²) in [6, 6.07) is 6.84. The Morgan fingerprint density at radius 3 is 2.54 bits per heavy atom. The van der Waals surface area contributed by atoms with Crippen molar-refractivity contribution >= 4 is 61.1 Å². The molecule has 134 valence electrons. The van der Waals surface area contributed by atoms with Gasteiger partial charge in [0.05, 0.1) is 5.75 Å². The third-order valence-corrected chi connectivity index (χ3v) is 6.41. The molecule has 0 unspecified atom stereocenters. The van der Waals surface area contributed by atoms with Gasteiger partial charge in [-0.25, -0.2) is 9.97 Å². The number of imide groups is 1. The highest BCUT2D eigenvalue weighted by Gasteiger charge is 2.16. The van der Waals surface area contributed by atoms with E-state index in [0.717, 1.165) is 25.3 Å². The highest BCUT2D eigenvalue weighted by atomic mass is 79.9. The molecule has 0 aliphatic rings. The van der Waals surface area contributed by atoms with E-state index in [-0.39, 0.29) is 11.7 Å². The molecule has 0 saturated heterocycles. The van der Waals surface area contributed by atoms with Crippen LogP contribution in [0.4, 0.5) is 0 Å². The molecule has 0 aliphatic heterocycles. The van der Waals surface area contributed by atoms with Crippen LogP contribution in [0, 0.1) is 20.8 Å². The van der Waals surface area contributed by atoms with Crippen molar-refractivity contribution in [3.8, 4) is 0 Å². The van der Waals surface area contributed by atoms with E-state index < -0.39 is 5.91 Å². The van der Waals surface area contributed by atoms with Gasteiger partial charge in [0.2, 0.25) is 5.91 Å². The molecule has 5 nitrogen and oxygen atoms in total. The molecule has 0 radical (unpaired) electrons. The minimum Gasteiger partial charge on any atom is -0.292 e. The SMILES string of the molecule is Cc1nc(SCC(=O)NC(=O)c2ccc(Br)cc2)c2c(C)c(C)sc2n1. The molecular weight excluding hydrogens is 434 g/mol. The summed E-state index contributed by atoms with van der Waals surface area (Å²) in [5, 5.41) is 4.19. The molecular formula is C18H16BrN3O2S2. The molecule has 8 heteroatoms. The first-order valence-electron chi connectivity index (χ1n) is 7.82. The molecule has 26 heavy (non-hydrogen) atoms. The number of rotatable bonds is 4.